The van der Waals surface area contributed by atoms with E-state index in [-0.39, 0.29) is 41.9 Å². The van der Waals surface area contributed by atoms with Crippen LogP contribution in [0.1, 0.15) is 84.0 Å². The molecule has 0 bridgehead atoms. The third-order valence-electron chi connectivity index (χ3n) is 4.79. The third kappa shape index (κ3) is 10.9. The largest absolute Gasteiger partial charge is 1.00 e. The van der Waals surface area contributed by atoms with Crippen LogP contribution in [0.15, 0.2) is 12.2 Å². The Labute approximate surface area is 169 Å². The van der Waals surface area contributed by atoms with Gasteiger partial charge in [0.15, 0.2) is 0 Å². The van der Waals surface area contributed by atoms with Crippen LogP contribution in [0.2, 0.25) is 0 Å². The smallest absolute Gasteiger partial charge is 0.550 e. The molecule has 0 aromatic carbocycles. The van der Waals surface area contributed by atoms with Crippen molar-refractivity contribution in [1.82, 2.24) is 0 Å². The van der Waals surface area contributed by atoms with Crippen LogP contribution in [-0.2, 0) is 4.79 Å². The van der Waals surface area contributed by atoms with E-state index < -0.39 is 17.7 Å². The molecule has 1 rings (SSSR count). The maximum Gasteiger partial charge on any atom is 1.00 e. The second-order valence-corrected chi connectivity index (χ2v) is 7.14. The minimum absolute atomic E-state index is 0. The van der Waals surface area contributed by atoms with Crippen LogP contribution in [0.4, 0.5) is 0 Å². The molecule has 1 aliphatic carbocycles. The average Bonchev–Trinajstić information content (AvgIpc) is 2.47. The molecule has 0 amide bonds. The zero-order valence-corrected chi connectivity index (χ0v) is 17.5. The number of rotatable bonds is 11. The first-order valence-corrected chi connectivity index (χ1v) is 9.24. The van der Waals surface area contributed by atoms with E-state index in [1.165, 1.54) is 32.1 Å². The van der Waals surface area contributed by atoms with E-state index in [0.29, 0.717) is 12.8 Å². The molecule has 4 nitrogen and oxygen atoms in total. The van der Waals surface area contributed by atoms with Crippen LogP contribution in [0, 0.1) is 5.92 Å². The van der Waals surface area contributed by atoms with Crippen LogP contribution in [-0.4, -0.2) is 27.9 Å². The number of allylic oxidation sites excluding steroid dienone is 1. The van der Waals surface area contributed by atoms with Gasteiger partial charge in [-0.25, -0.2) is 0 Å². The van der Waals surface area contributed by atoms with Crippen molar-refractivity contribution in [2.24, 2.45) is 5.92 Å². The van der Waals surface area contributed by atoms with Crippen molar-refractivity contribution in [3.63, 3.8) is 0 Å². The molecule has 0 heterocycles. The molecule has 3 atom stereocenters. The number of aliphatic carboxylic acids is 1. The SMILES string of the molecule is CCCCCCCC[C@H](O)/C=C/[C@H]1CCC[C@](O)(CC(=O)[O-])C1.[Na+]. The Morgan fingerprint density at radius 2 is 1.96 bits per heavy atom. The fourth-order valence-electron chi connectivity index (χ4n) is 3.49. The number of unbranched alkanes of at least 4 members (excludes halogenated alkanes) is 5. The number of hydrogen-bond acceptors (Lipinski definition) is 4. The van der Waals surface area contributed by atoms with Gasteiger partial charge in [0.05, 0.1) is 11.7 Å². The monoisotopic (exact) mass is 348 g/mol. The topological polar surface area (TPSA) is 80.6 Å². The van der Waals surface area contributed by atoms with E-state index in [4.69, 9.17) is 0 Å². The van der Waals surface area contributed by atoms with Gasteiger partial charge in [-0.1, -0.05) is 57.6 Å². The van der Waals surface area contributed by atoms with Gasteiger partial charge in [0, 0.05) is 12.4 Å². The second kappa shape index (κ2) is 13.3. The molecule has 0 spiro atoms. The van der Waals surface area contributed by atoms with Crippen molar-refractivity contribution in [2.75, 3.05) is 0 Å². The quantitative estimate of drug-likeness (QED) is 0.306. The molecule has 134 valence electrons. The molecule has 1 saturated carbocycles. The molecule has 2 N–H and O–H groups in total. The van der Waals surface area contributed by atoms with E-state index in [1.807, 2.05) is 12.2 Å². The van der Waals surface area contributed by atoms with Gasteiger partial charge in [0.25, 0.3) is 0 Å². The zero-order chi connectivity index (χ0) is 17.1. The van der Waals surface area contributed by atoms with Crippen LogP contribution in [0.3, 0.4) is 0 Å². The van der Waals surface area contributed by atoms with Crippen LogP contribution < -0.4 is 34.7 Å². The standard InChI is InChI=1S/C19H34O4.Na/c1-2-3-4-5-6-7-10-17(20)12-11-16-9-8-13-19(23,14-16)15-18(21)22;/h11-12,16-17,20,23H,2-10,13-15H2,1H3,(H,21,22);/q;+1/p-1/b12-11+;/t16-,17+,19-;/m1./s1. The van der Waals surface area contributed by atoms with E-state index >= 15 is 0 Å². The summed E-state index contributed by atoms with van der Waals surface area (Å²) in [7, 11) is 0. The van der Waals surface area contributed by atoms with Gasteiger partial charge < -0.3 is 20.1 Å². The van der Waals surface area contributed by atoms with Crippen molar-refractivity contribution in [3.05, 3.63) is 12.2 Å². The fraction of sp³-hybridized carbons (Fsp3) is 0.842. The summed E-state index contributed by atoms with van der Waals surface area (Å²) in [6.45, 7) is 2.20. The van der Waals surface area contributed by atoms with Gasteiger partial charge in [-0.05, 0) is 38.0 Å². The molecule has 5 heteroatoms. The number of carbonyl (C=O) groups excluding carboxylic acids is 1. The van der Waals surface area contributed by atoms with Crippen molar-refractivity contribution in [2.45, 2.75) is 95.7 Å². The molecule has 24 heavy (non-hydrogen) atoms. The number of carbonyl (C=O) groups is 1. The van der Waals surface area contributed by atoms with Crippen molar-refractivity contribution in [3.8, 4) is 0 Å². The number of carboxylic acid groups (broad SMARTS) is 1. The van der Waals surface area contributed by atoms with E-state index in [0.717, 1.165) is 25.7 Å². The molecule has 0 saturated heterocycles. The van der Waals surface area contributed by atoms with Crippen molar-refractivity contribution >= 4 is 5.97 Å². The Hall–Kier alpha value is 0.130. The minimum Gasteiger partial charge on any atom is -0.550 e. The summed E-state index contributed by atoms with van der Waals surface area (Å²) in [6, 6.07) is 0. The summed E-state index contributed by atoms with van der Waals surface area (Å²) in [5.41, 5.74) is -1.14. The molecule has 0 unspecified atom stereocenters. The Kier molecular flexibility index (Phi) is 13.4. The van der Waals surface area contributed by atoms with Crippen LogP contribution >= 0.6 is 0 Å². The number of aliphatic hydroxyl groups excluding tert-OH is 1. The fourth-order valence-corrected chi connectivity index (χ4v) is 3.49. The van der Waals surface area contributed by atoms with Gasteiger partial charge in [0.1, 0.15) is 0 Å². The molecule has 0 aliphatic heterocycles. The third-order valence-corrected chi connectivity index (χ3v) is 4.79. The Morgan fingerprint density at radius 1 is 1.29 bits per heavy atom. The molecule has 0 radical (unpaired) electrons. The van der Waals surface area contributed by atoms with E-state index in [1.54, 1.807) is 0 Å². The first kappa shape index (κ1) is 24.1. The molecule has 0 aromatic heterocycles. The number of hydrogen-bond donors (Lipinski definition) is 2. The number of carboxylic acids is 1. The van der Waals surface area contributed by atoms with Gasteiger partial charge in [0.2, 0.25) is 0 Å². The van der Waals surface area contributed by atoms with E-state index in [2.05, 4.69) is 6.92 Å². The zero-order valence-electron chi connectivity index (χ0n) is 15.5. The normalized spacial score (nSPS) is 25.4. The first-order valence-electron chi connectivity index (χ1n) is 9.24. The first-order chi connectivity index (χ1) is 10.9. The summed E-state index contributed by atoms with van der Waals surface area (Å²) in [6.07, 6.45) is 13.8. The number of aliphatic hydroxyl groups is 2. The van der Waals surface area contributed by atoms with Crippen LogP contribution in [0.5, 0.6) is 0 Å². The van der Waals surface area contributed by atoms with E-state index in [9.17, 15) is 20.1 Å². The summed E-state index contributed by atoms with van der Waals surface area (Å²) >= 11 is 0. The van der Waals surface area contributed by atoms with Gasteiger partial charge in [-0.15, -0.1) is 0 Å². The molecule has 1 aliphatic rings. The van der Waals surface area contributed by atoms with Gasteiger partial charge >= 0.3 is 29.6 Å². The Morgan fingerprint density at radius 3 is 2.62 bits per heavy atom. The van der Waals surface area contributed by atoms with Gasteiger partial charge in [-0.3, -0.25) is 0 Å². The van der Waals surface area contributed by atoms with Gasteiger partial charge in [-0.2, -0.15) is 0 Å². The molecular weight excluding hydrogens is 315 g/mol. The average molecular weight is 348 g/mol. The summed E-state index contributed by atoms with van der Waals surface area (Å²) in [5, 5.41) is 31.0. The molecular formula is C19H33NaO4. The predicted octanol–water partition coefficient (Wildman–Crippen LogP) is -0.281. The van der Waals surface area contributed by atoms with Crippen molar-refractivity contribution in [1.29, 1.82) is 0 Å². The van der Waals surface area contributed by atoms with Crippen molar-refractivity contribution < 1.29 is 49.7 Å². The molecule has 1 fully saturated rings. The van der Waals surface area contributed by atoms with Crippen LogP contribution in [0.25, 0.3) is 0 Å². The summed E-state index contributed by atoms with van der Waals surface area (Å²) in [5.74, 6) is -1.05. The maximum absolute atomic E-state index is 10.7. The Bertz CT molecular complexity index is 372. The summed E-state index contributed by atoms with van der Waals surface area (Å²) in [4.78, 5) is 10.7. The maximum atomic E-state index is 10.7. The predicted molar refractivity (Wildman–Crippen MR) is 89.7 cm³/mol. The Balaban J connectivity index is 0.00000529. The minimum atomic E-state index is -1.19. The summed E-state index contributed by atoms with van der Waals surface area (Å²) < 4.78 is 0. The second-order valence-electron chi connectivity index (χ2n) is 7.14. The molecule has 0 aromatic rings.